The van der Waals surface area contributed by atoms with Crippen molar-refractivity contribution in [3.63, 3.8) is 0 Å². The molecule has 0 spiro atoms. The van der Waals surface area contributed by atoms with Crippen molar-refractivity contribution in [2.45, 2.75) is 13.8 Å². The van der Waals surface area contributed by atoms with Gasteiger partial charge in [-0.3, -0.25) is 9.59 Å². The Bertz CT molecular complexity index is 1230. The highest BCUT2D eigenvalue weighted by atomic mass is 32.2. The van der Waals surface area contributed by atoms with E-state index in [4.69, 9.17) is 9.47 Å². The van der Waals surface area contributed by atoms with Gasteiger partial charge < -0.3 is 14.8 Å². The van der Waals surface area contributed by atoms with E-state index in [1.165, 1.54) is 0 Å². The predicted molar refractivity (Wildman–Crippen MR) is 128 cm³/mol. The molecule has 0 bridgehead atoms. The first kappa shape index (κ1) is 21.6. The van der Waals surface area contributed by atoms with Gasteiger partial charge in [0.1, 0.15) is 11.5 Å². The fraction of sp³-hybridized carbons (Fsp3) is 0.160. The maximum atomic E-state index is 12.6. The Morgan fingerprint density at radius 3 is 2.53 bits per heavy atom. The van der Waals surface area contributed by atoms with Crippen LogP contribution in [0.4, 0.5) is 0 Å². The molecular formula is C25H22N2O4S. The van der Waals surface area contributed by atoms with Crippen molar-refractivity contribution in [3.8, 4) is 11.5 Å². The van der Waals surface area contributed by atoms with E-state index in [2.05, 4.69) is 10.3 Å². The molecule has 0 unspecified atom stereocenters. The van der Waals surface area contributed by atoms with Gasteiger partial charge in [-0.25, -0.2) is 0 Å². The average Bonchev–Trinajstić information content (AvgIpc) is 3.14. The number of nitrogens with one attached hydrogen (secondary N) is 1. The van der Waals surface area contributed by atoms with E-state index in [-0.39, 0.29) is 11.1 Å². The molecule has 0 atom stereocenters. The first-order valence-electron chi connectivity index (χ1n) is 10.3. The van der Waals surface area contributed by atoms with Gasteiger partial charge in [-0.15, -0.1) is 0 Å². The molecule has 6 nitrogen and oxygen atoms in total. The lowest BCUT2D eigenvalue weighted by Crippen LogP contribution is -2.20. The second-order valence-electron chi connectivity index (χ2n) is 6.88. The lowest BCUT2D eigenvalue weighted by atomic mass is 10.0. The molecule has 0 aromatic heterocycles. The quantitative estimate of drug-likeness (QED) is 0.537. The molecule has 0 radical (unpaired) electrons. The molecule has 32 heavy (non-hydrogen) atoms. The summed E-state index contributed by atoms with van der Waals surface area (Å²) in [6, 6.07) is 18.4. The molecular weight excluding hydrogens is 424 g/mol. The second kappa shape index (κ2) is 9.70. The van der Waals surface area contributed by atoms with Gasteiger partial charge >= 0.3 is 0 Å². The van der Waals surface area contributed by atoms with Crippen molar-refractivity contribution < 1.29 is 19.1 Å². The van der Waals surface area contributed by atoms with Crippen molar-refractivity contribution in [2.24, 2.45) is 4.99 Å². The van der Waals surface area contributed by atoms with E-state index in [0.717, 1.165) is 33.8 Å². The minimum Gasteiger partial charge on any atom is -0.494 e. The van der Waals surface area contributed by atoms with Crippen LogP contribution >= 0.6 is 11.8 Å². The highest BCUT2D eigenvalue weighted by molar-refractivity contribution is 8.18. The monoisotopic (exact) mass is 446 g/mol. The Balaban J connectivity index is 1.72. The summed E-state index contributed by atoms with van der Waals surface area (Å²) in [6.07, 6.45) is 1.78. The van der Waals surface area contributed by atoms with Crippen LogP contribution in [0.25, 0.3) is 16.8 Å². The molecule has 3 aromatic rings. The summed E-state index contributed by atoms with van der Waals surface area (Å²) in [7, 11) is 0. The van der Waals surface area contributed by atoms with E-state index in [1.807, 2.05) is 50.2 Å². The van der Waals surface area contributed by atoms with Gasteiger partial charge in [-0.05, 0) is 72.8 Å². The number of carbonyl (C=O) groups excluding carboxylic acids is 2. The molecule has 0 saturated carbocycles. The Hall–Kier alpha value is -3.58. The lowest BCUT2D eigenvalue weighted by molar-refractivity contribution is -0.115. The van der Waals surface area contributed by atoms with Crippen molar-refractivity contribution >= 4 is 45.6 Å². The SMILES string of the molecule is CCOc1ccc2ccc(OCC)c(/C=C3\SC(=NC(=O)c4ccccc4)NC3=O)c2c1. The normalized spacial score (nSPS) is 15.9. The number of carbonyl (C=O) groups is 2. The number of thioether (sulfide) groups is 1. The Morgan fingerprint density at radius 2 is 1.78 bits per heavy atom. The number of hydrogen-bond donors (Lipinski definition) is 1. The summed E-state index contributed by atoms with van der Waals surface area (Å²) in [5.74, 6) is 0.694. The molecule has 4 rings (SSSR count). The Labute approximate surface area is 190 Å². The van der Waals surface area contributed by atoms with E-state index in [0.29, 0.717) is 29.4 Å². The molecule has 1 fully saturated rings. The summed E-state index contributed by atoms with van der Waals surface area (Å²) in [4.78, 5) is 29.5. The third-order valence-corrected chi connectivity index (χ3v) is 5.67. The van der Waals surface area contributed by atoms with Crippen LogP contribution in [0.5, 0.6) is 11.5 Å². The standard InChI is InChI=1S/C25H22N2O4S/c1-3-30-18-12-10-16-11-13-21(31-4-2)20(19(16)14-18)15-22-24(29)27-25(32-22)26-23(28)17-8-6-5-7-9-17/h5-15H,3-4H2,1-2H3,(H,26,27,28,29)/b22-15-. The van der Waals surface area contributed by atoms with Crippen LogP contribution in [-0.4, -0.2) is 30.2 Å². The predicted octanol–water partition coefficient (Wildman–Crippen LogP) is 5.04. The number of hydrogen-bond acceptors (Lipinski definition) is 5. The zero-order chi connectivity index (χ0) is 22.5. The fourth-order valence-electron chi connectivity index (χ4n) is 3.34. The number of fused-ring (bicyclic) bond motifs is 1. The zero-order valence-electron chi connectivity index (χ0n) is 17.8. The summed E-state index contributed by atoms with van der Waals surface area (Å²) in [6.45, 7) is 4.89. The van der Waals surface area contributed by atoms with Gasteiger partial charge in [-0.1, -0.05) is 30.3 Å². The van der Waals surface area contributed by atoms with Gasteiger partial charge in [0, 0.05) is 11.1 Å². The van der Waals surface area contributed by atoms with Crippen molar-refractivity contribution in [2.75, 3.05) is 13.2 Å². The lowest BCUT2D eigenvalue weighted by Gasteiger charge is -2.12. The maximum Gasteiger partial charge on any atom is 0.279 e. The van der Waals surface area contributed by atoms with Gasteiger partial charge in [0.15, 0.2) is 5.17 Å². The maximum absolute atomic E-state index is 12.6. The number of ether oxygens (including phenoxy) is 2. The van der Waals surface area contributed by atoms with Crippen LogP contribution in [0.3, 0.4) is 0 Å². The van der Waals surface area contributed by atoms with E-state index in [9.17, 15) is 9.59 Å². The smallest absolute Gasteiger partial charge is 0.279 e. The van der Waals surface area contributed by atoms with Crippen LogP contribution in [0.1, 0.15) is 29.8 Å². The topological polar surface area (TPSA) is 77.0 Å². The summed E-state index contributed by atoms with van der Waals surface area (Å²) in [5, 5.41) is 4.84. The first-order chi connectivity index (χ1) is 15.6. The minimum atomic E-state index is -0.406. The van der Waals surface area contributed by atoms with Crippen molar-refractivity contribution in [1.82, 2.24) is 5.32 Å². The fourth-order valence-corrected chi connectivity index (χ4v) is 4.14. The van der Waals surface area contributed by atoms with Crippen LogP contribution < -0.4 is 14.8 Å². The second-order valence-corrected chi connectivity index (χ2v) is 7.91. The number of amidine groups is 1. The van der Waals surface area contributed by atoms with Crippen molar-refractivity contribution in [3.05, 3.63) is 76.7 Å². The van der Waals surface area contributed by atoms with E-state index in [1.54, 1.807) is 30.3 Å². The molecule has 1 heterocycles. The van der Waals surface area contributed by atoms with Gasteiger partial charge in [0.2, 0.25) is 0 Å². The molecule has 7 heteroatoms. The number of amides is 2. The molecule has 0 aliphatic carbocycles. The number of rotatable bonds is 6. The molecule has 1 aliphatic rings. The van der Waals surface area contributed by atoms with Crippen molar-refractivity contribution in [1.29, 1.82) is 0 Å². The third kappa shape index (κ3) is 4.68. The van der Waals surface area contributed by atoms with Crippen LogP contribution in [0, 0.1) is 0 Å². The highest BCUT2D eigenvalue weighted by Crippen LogP contribution is 2.35. The van der Waals surface area contributed by atoms with E-state index < -0.39 is 5.91 Å². The van der Waals surface area contributed by atoms with Gasteiger partial charge in [-0.2, -0.15) is 4.99 Å². The number of nitrogens with zero attached hydrogens (tertiary/aromatic N) is 1. The summed E-state index contributed by atoms with van der Waals surface area (Å²) < 4.78 is 11.5. The van der Waals surface area contributed by atoms with Crippen LogP contribution in [-0.2, 0) is 4.79 Å². The molecule has 3 aromatic carbocycles. The molecule has 162 valence electrons. The highest BCUT2D eigenvalue weighted by Gasteiger charge is 2.25. The number of benzene rings is 3. The number of aliphatic imine (C=N–C) groups is 1. The first-order valence-corrected chi connectivity index (χ1v) is 11.1. The zero-order valence-corrected chi connectivity index (χ0v) is 18.6. The van der Waals surface area contributed by atoms with E-state index >= 15 is 0 Å². The van der Waals surface area contributed by atoms with Crippen LogP contribution in [0.2, 0.25) is 0 Å². The molecule has 1 aliphatic heterocycles. The largest absolute Gasteiger partial charge is 0.494 e. The average molecular weight is 447 g/mol. The third-order valence-electron chi connectivity index (χ3n) is 4.76. The Morgan fingerprint density at radius 1 is 1.03 bits per heavy atom. The van der Waals surface area contributed by atoms with Gasteiger partial charge in [0.25, 0.3) is 11.8 Å². The molecule has 2 amide bonds. The van der Waals surface area contributed by atoms with Gasteiger partial charge in [0.05, 0.1) is 18.1 Å². The summed E-state index contributed by atoms with van der Waals surface area (Å²) in [5.41, 5.74) is 1.24. The Kier molecular flexibility index (Phi) is 6.56. The summed E-state index contributed by atoms with van der Waals surface area (Å²) >= 11 is 1.13. The van der Waals surface area contributed by atoms with Crippen LogP contribution in [0.15, 0.2) is 70.6 Å². The molecule has 1 saturated heterocycles. The molecule has 1 N–H and O–H groups in total. The minimum absolute atomic E-state index is 0.253.